The highest BCUT2D eigenvalue weighted by Crippen LogP contribution is 2.19. The summed E-state index contributed by atoms with van der Waals surface area (Å²) in [5, 5.41) is 6.52. The lowest BCUT2D eigenvalue weighted by Crippen LogP contribution is -2.34. The maximum Gasteiger partial charge on any atom is 0.263 e. The lowest BCUT2D eigenvalue weighted by Gasteiger charge is -2.05. The van der Waals surface area contributed by atoms with E-state index in [0.717, 1.165) is 30.0 Å². The number of carbonyl (C=O) groups is 2. The SMILES string of the molecule is CCCCc1nc(C)c(C(=O)NCCNC(=O)c2ccoc2)s1. The van der Waals surface area contributed by atoms with Gasteiger partial charge in [0.2, 0.25) is 0 Å². The normalized spacial score (nSPS) is 10.5. The van der Waals surface area contributed by atoms with Gasteiger partial charge in [-0.2, -0.15) is 0 Å². The zero-order valence-corrected chi connectivity index (χ0v) is 14.2. The number of aryl methyl sites for hydroxylation is 2. The van der Waals surface area contributed by atoms with E-state index in [9.17, 15) is 9.59 Å². The van der Waals surface area contributed by atoms with Gasteiger partial charge in [-0.1, -0.05) is 13.3 Å². The molecule has 6 nitrogen and oxygen atoms in total. The second kappa shape index (κ2) is 8.47. The predicted octanol–water partition coefficient (Wildman–Crippen LogP) is 2.55. The van der Waals surface area contributed by atoms with Crippen molar-refractivity contribution in [2.45, 2.75) is 33.1 Å². The molecule has 0 spiro atoms. The van der Waals surface area contributed by atoms with Crippen molar-refractivity contribution in [3.05, 3.63) is 39.7 Å². The number of carbonyl (C=O) groups excluding carboxylic acids is 2. The van der Waals surface area contributed by atoms with E-state index in [2.05, 4.69) is 22.5 Å². The van der Waals surface area contributed by atoms with Crippen LogP contribution < -0.4 is 10.6 Å². The molecular formula is C16H21N3O3S. The molecule has 0 saturated heterocycles. The molecule has 0 bridgehead atoms. The number of amides is 2. The molecule has 0 aromatic carbocycles. The van der Waals surface area contributed by atoms with E-state index < -0.39 is 0 Å². The van der Waals surface area contributed by atoms with Crippen molar-refractivity contribution in [1.82, 2.24) is 15.6 Å². The van der Waals surface area contributed by atoms with Gasteiger partial charge >= 0.3 is 0 Å². The van der Waals surface area contributed by atoms with Gasteiger partial charge in [-0.25, -0.2) is 4.98 Å². The average molecular weight is 335 g/mol. The van der Waals surface area contributed by atoms with Crippen molar-refractivity contribution in [2.24, 2.45) is 0 Å². The van der Waals surface area contributed by atoms with Gasteiger partial charge in [-0.15, -0.1) is 11.3 Å². The summed E-state index contributed by atoms with van der Waals surface area (Å²) in [5.41, 5.74) is 1.23. The number of hydrogen-bond donors (Lipinski definition) is 2. The molecule has 0 unspecified atom stereocenters. The van der Waals surface area contributed by atoms with E-state index in [1.165, 1.54) is 23.9 Å². The summed E-state index contributed by atoms with van der Waals surface area (Å²) in [5.74, 6) is -0.357. The highest BCUT2D eigenvalue weighted by Gasteiger charge is 2.14. The van der Waals surface area contributed by atoms with Crippen LogP contribution in [-0.2, 0) is 6.42 Å². The predicted molar refractivity (Wildman–Crippen MR) is 88.8 cm³/mol. The van der Waals surface area contributed by atoms with E-state index in [-0.39, 0.29) is 11.8 Å². The third kappa shape index (κ3) is 4.92. The summed E-state index contributed by atoms with van der Waals surface area (Å²) in [4.78, 5) is 28.9. The molecule has 2 N–H and O–H groups in total. The Kier molecular flexibility index (Phi) is 6.34. The first-order valence-electron chi connectivity index (χ1n) is 7.66. The first-order chi connectivity index (χ1) is 11.1. The van der Waals surface area contributed by atoms with E-state index >= 15 is 0 Å². The summed E-state index contributed by atoms with van der Waals surface area (Å²) < 4.78 is 4.85. The van der Waals surface area contributed by atoms with Gasteiger partial charge in [0, 0.05) is 13.1 Å². The molecule has 2 amide bonds. The maximum atomic E-state index is 12.2. The minimum Gasteiger partial charge on any atom is -0.472 e. The van der Waals surface area contributed by atoms with Gasteiger partial charge in [0.25, 0.3) is 11.8 Å². The molecule has 2 aromatic rings. The number of thiazole rings is 1. The Bertz CT molecular complexity index is 650. The summed E-state index contributed by atoms with van der Waals surface area (Å²) in [6, 6.07) is 1.59. The molecule has 0 atom stereocenters. The molecule has 2 rings (SSSR count). The molecule has 124 valence electrons. The first kappa shape index (κ1) is 17.2. The van der Waals surface area contributed by atoms with Crippen LogP contribution in [0.25, 0.3) is 0 Å². The third-order valence-electron chi connectivity index (χ3n) is 3.27. The zero-order valence-electron chi connectivity index (χ0n) is 13.3. The number of nitrogens with zero attached hydrogens (tertiary/aromatic N) is 1. The maximum absolute atomic E-state index is 12.2. The van der Waals surface area contributed by atoms with Crippen LogP contribution >= 0.6 is 11.3 Å². The number of rotatable bonds is 8. The Morgan fingerprint density at radius 1 is 1.26 bits per heavy atom. The van der Waals surface area contributed by atoms with E-state index in [4.69, 9.17) is 4.42 Å². The van der Waals surface area contributed by atoms with E-state index in [0.29, 0.717) is 23.5 Å². The van der Waals surface area contributed by atoms with Gasteiger partial charge in [0.1, 0.15) is 11.1 Å². The standard InChI is InChI=1S/C16H21N3O3S/c1-3-4-5-13-19-11(2)14(23-13)16(21)18-8-7-17-15(20)12-6-9-22-10-12/h6,9-10H,3-5,7-8H2,1-2H3,(H,17,20)(H,18,21). The van der Waals surface area contributed by atoms with E-state index in [1.54, 1.807) is 6.07 Å². The van der Waals surface area contributed by atoms with Gasteiger partial charge in [-0.05, 0) is 25.8 Å². The molecule has 0 radical (unpaired) electrons. The highest BCUT2D eigenvalue weighted by molar-refractivity contribution is 7.13. The number of unbranched alkanes of at least 4 members (excludes halogenated alkanes) is 1. The average Bonchev–Trinajstić information content (AvgIpc) is 3.18. The second-order valence-electron chi connectivity index (χ2n) is 5.15. The molecule has 0 aliphatic carbocycles. The van der Waals surface area contributed by atoms with Gasteiger partial charge in [-0.3, -0.25) is 9.59 Å². The summed E-state index contributed by atoms with van der Waals surface area (Å²) in [6.45, 7) is 4.70. The molecule has 23 heavy (non-hydrogen) atoms. The second-order valence-corrected chi connectivity index (χ2v) is 6.23. The van der Waals surface area contributed by atoms with Gasteiger partial charge < -0.3 is 15.1 Å². The Morgan fingerprint density at radius 2 is 2.00 bits per heavy atom. The smallest absolute Gasteiger partial charge is 0.263 e. The first-order valence-corrected chi connectivity index (χ1v) is 8.48. The van der Waals surface area contributed by atoms with Crippen LogP contribution in [-0.4, -0.2) is 29.9 Å². The Balaban J connectivity index is 1.76. The lowest BCUT2D eigenvalue weighted by atomic mass is 10.3. The quantitative estimate of drug-likeness (QED) is 0.726. The topological polar surface area (TPSA) is 84.2 Å². The van der Waals surface area contributed by atoms with Gasteiger partial charge in [0.15, 0.2) is 0 Å². The lowest BCUT2D eigenvalue weighted by molar-refractivity contribution is 0.0929. The molecule has 0 aliphatic rings. The largest absolute Gasteiger partial charge is 0.472 e. The number of hydrogen-bond acceptors (Lipinski definition) is 5. The van der Waals surface area contributed by atoms with Crippen LogP contribution in [0.4, 0.5) is 0 Å². The molecular weight excluding hydrogens is 314 g/mol. The number of aromatic nitrogens is 1. The van der Waals surface area contributed by atoms with Crippen LogP contribution in [0.5, 0.6) is 0 Å². The summed E-state index contributed by atoms with van der Waals surface area (Å²) in [6.07, 6.45) is 5.92. The molecule has 2 aromatic heterocycles. The van der Waals surface area contributed by atoms with Crippen LogP contribution in [0.2, 0.25) is 0 Å². The minimum atomic E-state index is -0.219. The van der Waals surface area contributed by atoms with E-state index in [1.807, 2.05) is 6.92 Å². The Morgan fingerprint density at radius 3 is 2.65 bits per heavy atom. The van der Waals surface area contributed by atoms with Crippen LogP contribution in [0, 0.1) is 6.92 Å². The van der Waals surface area contributed by atoms with Crippen LogP contribution in [0.3, 0.4) is 0 Å². The fourth-order valence-corrected chi connectivity index (χ4v) is 3.05. The van der Waals surface area contributed by atoms with Crippen molar-refractivity contribution in [1.29, 1.82) is 0 Å². The monoisotopic (exact) mass is 335 g/mol. The van der Waals surface area contributed by atoms with Gasteiger partial charge in [0.05, 0.1) is 22.5 Å². The molecule has 2 heterocycles. The highest BCUT2D eigenvalue weighted by atomic mass is 32.1. The molecule has 0 aliphatic heterocycles. The summed E-state index contributed by atoms with van der Waals surface area (Å²) >= 11 is 1.45. The molecule has 7 heteroatoms. The summed E-state index contributed by atoms with van der Waals surface area (Å²) in [7, 11) is 0. The van der Waals surface area contributed by atoms with Crippen molar-refractivity contribution in [3.63, 3.8) is 0 Å². The zero-order chi connectivity index (χ0) is 16.7. The van der Waals surface area contributed by atoms with Crippen molar-refractivity contribution < 1.29 is 14.0 Å². The van der Waals surface area contributed by atoms with Crippen LogP contribution in [0.1, 0.15) is 50.5 Å². The third-order valence-corrected chi connectivity index (χ3v) is 4.49. The Labute approximate surface area is 139 Å². The molecule has 0 saturated carbocycles. The fraction of sp³-hybridized carbons (Fsp3) is 0.438. The van der Waals surface area contributed by atoms with Crippen molar-refractivity contribution in [3.8, 4) is 0 Å². The number of furan rings is 1. The minimum absolute atomic E-state index is 0.139. The van der Waals surface area contributed by atoms with Crippen molar-refractivity contribution in [2.75, 3.05) is 13.1 Å². The molecule has 0 fully saturated rings. The number of nitrogens with one attached hydrogen (secondary N) is 2. The Hall–Kier alpha value is -2.15. The van der Waals surface area contributed by atoms with Crippen LogP contribution in [0.15, 0.2) is 23.0 Å². The van der Waals surface area contributed by atoms with Crippen molar-refractivity contribution >= 4 is 23.2 Å². The fourth-order valence-electron chi connectivity index (χ4n) is 2.03.